The molecule has 0 radical (unpaired) electrons. The predicted octanol–water partition coefficient (Wildman–Crippen LogP) is 4.90. The third-order valence-electron chi connectivity index (χ3n) is 2.68. The van der Waals surface area contributed by atoms with Crippen LogP contribution in [-0.2, 0) is 0 Å². The average molecular weight is 250 g/mol. The van der Waals surface area contributed by atoms with Gasteiger partial charge < -0.3 is 5.21 Å². The van der Waals surface area contributed by atoms with Gasteiger partial charge in [-0.25, -0.2) is 0 Å². The van der Waals surface area contributed by atoms with E-state index in [0.29, 0.717) is 16.2 Å². The van der Waals surface area contributed by atoms with Crippen molar-refractivity contribution in [1.82, 2.24) is 0 Å². The van der Waals surface area contributed by atoms with E-state index in [9.17, 15) is 5.21 Å². The highest BCUT2D eigenvalue weighted by Crippen LogP contribution is 2.19. The fourth-order valence-corrected chi connectivity index (χ4v) is 1.58. The van der Waals surface area contributed by atoms with Crippen molar-refractivity contribution < 1.29 is 4.86 Å². The second-order valence-corrected chi connectivity index (χ2v) is 3.96. The van der Waals surface area contributed by atoms with Crippen LogP contribution in [0.1, 0.15) is 11.1 Å². The van der Waals surface area contributed by atoms with Gasteiger partial charge in [0.25, 0.3) is 0 Å². The molecule has 0 aliphatic rings. The largest absolute Gasteiger partial charge is 0.594 e. The molecule has 2 aromatic carbocycles. The highest BCUT2D eigenvalue weighted by molar-refractivity contribution is 5.51. The van der Waals surface area contributed by atoms with E-state index in [1.807, 2.05) is 24.3 Å². The smallest absolute Gasteiger partial charge is 0.244 e. The van der Waals surface area contributed by atoms with Crippen LogP contribution in [0.25, 0.3) is 12.2 Å². The minimum Gasteiger partial charge on any atom is -0.594 e. The zero-order valence-corrected chi connectivity index (χ0v) is 10.5. The fraction of sp³-hybridized carbons (Fsp3) is 0. The number of azo groups is 1. The summed E-state index contributed by atoms with van der Waals surface area (Å²) >= 11 is 0. The van der Waals surface area contributed by atoms with Crippen molar-refractivity contribution in [2.24, 2.45) is 5.11 Å². The molecule has 0 aromatic heterocycles. The molecule has 2 aromatic rings. The molecule has 94 valence electrons. The van der Waals surface area contributed by atoms with Gasteiger partial charge in [-0.15, -0.1) is 0 Å². The van der Waals surface area contributed by atoms with E-state index in [4.69, 9.17) is 0 Å². The molecule has 0 bridgehead atoms. The monoisotopic (exact) mass is 250 g/mol. The summed E-state index contributed by atoms with van der Waals surface area (Å²) in [6.07, 6.45) is 3.47. The Morgan fingerprint density at radius 1 is 0.842 bits per heavy atom. The first kappa shape index (κ1) is 12.8. The zero-order chi connectivity index (χ0) is 13.7. The van der Waals surface area contributed by atoms with E-state index in [1.54, 1.807) is 36.4 Å². The molecule has 3 heteroatoms. The lowest BCUT2D eigenvalue weighted by molar-refractivity contribution is -0.435. The molecule has 2 rings (SSSR count). The maximum Gasteiger partial charge on any atom is 0.244 e. The molecule has 0 spiro atoms. The second-order valence-electron chi connectivity index (χ2n) is 3.96. The number of rotatable bonds is 4. The summed E-state index contributed by atoms with van der Waals surface area (Å²) in [6.45, 7) is 7.34. The Morgan fingerprint density at radius 3 is 1.79 bits per heavy atom. The number of benzene rings is 2. The molecule has 0 amide bonds. The highest BCUT2D eigenvalue weighted by atomic mass is 16.5. The molecule has 0 N–H and O–H groups in total. The Bertz CT molecular complexity index is 610. The molecular formula is C16H14N2O. The van der Waals surface area contributed by atoms with Gasteiger partial charge in [0.1, 0.15) is 5.69 Å². The SMILES string of the molecule is C=Cc1ccc(N=[N+]([O-])c2ccc(C=C)cc2)cc1. The van der Waals surface area contributed by atoms with Gasteiger partial charge in [-0.05, 0) is 35.4 Å². The van der Waals surface area contributed by atoms with Crippen LogP contribution < -0.4 is 0 Å². The number of hydrogen-bond acceptors (Lipinski definition) is 2. The van der Waals surface area contributed by atoms with Crippen LogP contribution in [-0.4, -0.2) is 4.86 Å². The standard InChI is InChI=1S/C16H14N2O/c1-3-13-5-9-15(10-6-13)17-18(19)16-11-7-14(4-2)8-12-16/h3-12H,1-2H2. The Kier molecular flexibility index (Phi) is 3.88. The van der Waals surface area contributed by atoms with Crippen LogP contribution in [0.3, 0.4) is 0 Å². The first-order valence-corrected chi connectivity index (χ1v) is 5.87. The maximum atomic E-state index is 11.9. The molecule has 0 aliphatic carbocycles. The topological polar surface area (TPSA) is 38.4 Å². The summed E-state index contributed by atoms with van der Waals surface area (Å²) in [7, 11) is 0. The molecule has 19 heavy (non-hydrogen) atoms. The Balaban J connectivity index is 2.25. The van der Waals surface area contributed by atoms with E-state index < -0.39 is 0 Å². The van der Waals surface area contributed by atoms with E-state index in [2.05, 4.69) is 18.3 Å². The van der Waals surface area contributed by atoms with Crippen LogP contribution >= 0.6 is 0 Å². The lowest BCUT2D eigenvalue weighted by atomic mass is 10.2. The summed E-state index contributed by atoms with van der Waals surface area (Å²) in [6, 6.07) is 14.4. The maximum absolute atomic E-state index is 11.9. The van der Waals surface area contributed by atoms with Crippen LogP contribution in [0, 0.1) is 5.21 Å². The summed E-state index contributed by atoms with van der Waals surface area (Å²) < 4.78 is 0. The Labute approximate surface area is 112 Å². The van der Waals surface area contributed by atoms with Crippen LogP contribution in [0.15, 0.2) is 66.8 Å². The fourth-order valence-electron chi connectivity index (χ4n) is 1.58. The molecule has 0 saturated carbocycles. The van der Waals surface area contributed by atoms with E-state index in [0.717, 1.165) is 11.1 Å². The minimum atomic E-state index is 0.485. The highest BCUT2D eigenvalue weighted by Gasteiger charge is 2.03. The van der Waals surface area contributed by atoms with E-state index >= 15 is 0 Å². The van der Waals surface area contributed by atoms with Gasteiger partial charge in [-0.2, -0.15) is 0 Å². The third-order valence-corrected chi connectivity index (χ3v) is 2.68. The quantitative estimate of drug-likeness (QED) is 0.432. The molecule has 0 saturated heterocycles. The summed E-state index contributed by atoms with van der Waals surface area (Å²) in [5.41, 5.74) is 3.05. The minimum absolute atomic E-state index is 0.485. The predicted molar refractivity (Wildman–Crippen MR) is 78.4 cm³/mol. The molecule has 3 nitrogen and oxygen atoms in total. The molecule has 0 fully saturated rings. The second kappa shape index (κ2) is 5.78. The van der Waals surface area contributed by atoms with Gasteiger partial charge in [0.15, 0.2) is 0 Å². The molecule has 0 aliphatic heterocycles. The van der Waals surface area contributed by atoms with Gasteiger partial charge in [-0.1, -0.05) is 42.3 Å². The average Bonchev–Trinajstić information content (AvgIpc) is 2.48. The Morgan fingerprint density at radius 2 is 1.32 bits per heavy atom. The van der Waals surface area contributed by atoms with E-state index in [-0.39, 0.29) is 0 Å². The van der Waals surface area contributed by atoms with Crippen LogP contribution in [0.4, 0.5) is 11.4 Å². The first-order chi connectivity index (χ1) is 9.22. The molecule has 0 heterocycles. The van der Waals surface area contributed by atoms with Gasteiger partial charge in [-0.3, -0.25) is 0 Å². The molecule has 0 atom stereocenters. The zero-order valence-electron chi connectivity index (χ0n) is 10.5. The van der Waals surface area contributed by atoms with Crippen molar-refractivity contribution >= 4 is 23.5 Å². The van der Waals surface area contributed by atoms with Gasteiger partial charge in [0.2, 0.25) is 5.69 Å². The lowest BCUT2D eigenvalue weighted by Crippen LogP contribution is -1.90. The first-order valence-electron chi connectivity index (χ1n) is 5.87. The summed E-state index contributed by atoms with van der Waals surface area (Å²) in [4.78, 5) is 0.607. The molecule has 0 unspecified atom stereocenters. The summed E-state index contributed by atoms with van der Waals surface area (Å²) in [5, 5.41) is 15.9. The van der Waals surface area contributed by atoms with Crippen molar-refractivity contribution in [2.75, 3.05) is 0 Å². The van der Waals surface area contributed by atoms with Gasteiger partial charge in [0.05, 0.1) is 0 Å². The van der Waals surface area contributed by atoms with Gasteiger partial charge >= 0.3 is 0 Å². The van der Waals surface area contributed by atoms with Crippen molar-refractivity contribution in [3.8, 4) is 0 Å². The van der Waals surface area contributed by atoms with Crippen molar-refractivity contribution in [1.29, 1.82) is 0 Å². The number of nitrogens with zero attached hydrogens (tertiary/aromatic N) is 2. The number of hydrogen-bond donors (Lipinski definition) is 0. The third kappa shape index (κ3) is 3.16. The van der Waals surface area contributed by atoms with Crippen LogP contribution in [0.5, 0.6) is 0 Å². The van der Waals surface area contributed by atoms with Gasteiger partial charge in [0, 0.05) is 17.2 Å². The van der Waals surface area contributed by atoms with Crippen molar-refractivity contribution in [2.45, 2.75) is 0 Å². The summed E-state index contributed by atoms with van der Waals surface area (Å²) in [5.74, 6) is 0. The van der Waals surface area contributed by atoms with Crippen molar-refractivity contribution in [3.05, 3.63) is 78.0 Å². The van der Waals surface area contributed by atoms with Crippen molar-refractivity contribution in [3.63, 3.8) is 0 Å². The lowest BCUT2D eigenvalue weighted by Gasteiger charge is -2.00. The Hall–Kier alpha value is -2.68. The normalized spacial score (nSPS) is 11.1. The molecular weight excluding hydrogens is 236 g/mol. The van der Waals surface area contributed by atoms with Crippen LogP contribution in [0.2, 0.25) is 0 Å². The van der Waals surface area contributed by atoms with E-state index in [1.165, 1.54) is 0 Å².